The van der Waals surface area contributed by atoms with Crippen molar-refractivity contribution in [3.05, 3.63) is 205 Å². The SMILES string of the molecule is CC1(C)c2ccc(-c3ccc(-c4c5ccccc5c(-c5cccc6ccccc56)c5ccccc45)c4ccccc34)cc2-c2cc3c(ccc4c5ccccc5sc34)cc21. The molecule has 0 amide bonds. The Hall–Kier alpha value is -7.06. The van der Waals surface area contributed by atoms with Crippen LogP contribution >= 0.6 is 11.3 Å². The van der Waals surface area contributed by atoms with E-state index in [-0.39, 0.29) is 5.41 Å². The maximum absolute atomic E-state index is 2.50. The largest absolute Gasteiger partial charge is 0.135 e. The van der Waals surface area contributed by atoms with E-state index in [1.807, 2.05) is 11.3 Å². The van der Waals surface area contributed by atoms with Crippen LogP contribution in [-0.4, -0.2) is 0 Å². The average molecular weight is 779 g/mol. The van der Waals surface area contributed by atoms with Crippen molar-refractivity contribution in [3.63, 3.8) is 0 Å². The lowest BCUT2D eigenvalue weighted by Crippen LogP contribution is -2.14. The zero-order valence-corrected chi connectivity index (χ0v) is 34.2. The molecule has 11 aromatic carbocycles. The van der Waals surface area contributed by atoms with Gasteiger partial charge in [-0.3, -0.25) is 0 Å². The number of benzene rings is 11. The van der Waals surface area contributed by atoms with E-state index in [0.717, 1.165) is 0 Å². The van der Waals surface area contributed by atoms with Crippen molar-refractivity contribution < 1.29 is 0 Å². The first-order chi connectivity index (χ1) is 29.5. The molecule has 280 valence electrons. The number of fused-ring (bicyclic) bond motifs is 12. The van der Waals surface area contributed by atoms with Gasteiger partial charge in [-0.25, -0.2) is 0 Å². The summed E-state index contributed by atoms with van der Waals surface area (Å²) in [6.07, 6.45) is 0. The van der Waals surface area contributed by atoms with Crippen LogP contribution in [0.2, 0.25) is 0 Å². The molecule has 0 radical (unpaired) electrons. The molecule has 0 fully saturated rings. The molecule has 13 rings (SSSR count). The molecule has 1 heteroatoms. The minimum absolute atomic E-state index is 0.0985. The first kappa shape index (κ1) is 33.9. The molecule has 0 atom stereocenters. The Morgan fingerprint density at radius 2 is 0.867 bits per heavy atom. The van der Waals surface area contributed by atoms with Crippen molar-refractivity contribution in [2.45, 2.75) is 19.3 Å². The van der Waals surface area contributed by atoms with Gasteiger partial charge in [-0.1, -0.05) is 184 Å². The van der Waals surface area contributed by atoms with Gasteiger partial charge in [0.1, 0.15) is 0 Å². The molecular formula is C59H38S. The molecule has 0 spiro atoms. The van der Waals surface area contributed by atoms with Crippen LogP contribution in [0, 0.1) is 0 Å². The third-order valence-corrected chi connectivity index (χ3v) is 14.9. The monoisotopic (exact) mass is 778 g/mol. The molecule has 0 unspecified atom stereocenters. The van der Waals surface area contributed by atoms with E-state index >= 15 is 0 Å². The average Bonchev–Trinajstić information content (AvgIpc) is 3.78. The van der Waals surface area contributed by atoms with E-state index < -0.39 is 0 Å². The summed E-state index contributed by atoms with van der Waals surface area (Å²) in [7, 11) is 0. The Morgan fingerprint density at radius 3 is 1.58 bits per heavy atom. The molecule has 0 saturated heterocycles. The second kappa shape index (κ2) is 12.5. The highest BCUT2D eigenvalue weighted by Crippen LogP contribution is 2.53. The summed E-state index contributed by atoms with van der Waals surface area (Å²) in [6, 6.07) is 73.1. The summed E-state index contributed by atoms with van der Waals surface area (Å²) in [4.78, 5) is 0. The molecule has 1 aliphatic carbocycles. The summed E-state index contributed by atoms with van der Waals surface area (Å²) in [6.45, 7) is 4.79. The zero-order valence-electron chi connectivity index (χ0n) is 33.4. The highest BCUT2D eigenvalue weighted by atomic mass is 32.1. The Kier molecular flexibility index (Phi) is 7.04. The van der Waals surface area contributed by atoms with Crippen LogP contribution in [0.3, 0.4) is 0 Å². The predicted molar refractivity (Wildman–Crippen MR) is 261 cm³/mol. The smallest absolute Gasteiger partial charge is 0.0434 e. The van der Waals surface area contributed by atoms with Crippen LogP contribution < -0.4 is 0 Å². The Morgan fingerprint density at radius 1 is 0.317 bits per heavy atom. The minimum Gasteiger partial charge on any atom is -0.135 e. The fourth-order valence-electron chi connectivity index (χ4n) is 10.8. The Bertz CT molecular complexity index is 3740. The van der Waals surface area contributed by atoms with Gasteiger partial charge in [0.25, 0.3) is 0 Å². The van der Waals surface area contributed by atoms with Crippen LogP contribution in [0.4, 0.5) is 0 Å². The maximum atomic E-state index is 2.50. The van der Waals surface area contributed by atoms with E-state index in [4.69, 9.17) is 0 Å². The molecule has 0 aliphatic heterocycles. The van der Waals surface area contributed by atoms with E-state index in [1.54, 1.807) is 0 Å². The highest BCUT2D eigenvalue weighted by Gasteiger charge is 2.36. The summed E-state index contributed by atoms with van der Waals surface area (Å²) < 4.78 is 2.73. The van der Waals surface area contributed by atoms with Crippen molar-refractivity contribution >= 4 is 85.4 Å². The molecule has 1 heterocycles. The molecule has 1 aromatic heterocycles. The number of hydrogen-bond donors (Lipinski definition) is 0. The molecule has 0 bridgehead atoms. The lowest BCUT2D eigenvalue weighted by molar-refractivity contribution is 0.661. The van der Waals surface area contributed by atoms with Gasteiger partial charge in [-0.05, 0) is 128 Å². The van der Waals surface area contributed by atoms with E-state index in [0.29, 0.717) is 0 Å². The van der Waals surface area contributed by atoms with E-state index in [2.05, 4.69) is 208 Å². The molecule has 12 aromatic rings. The highest BCUT2D eigenvalue weighted by molar-refractivity contribution is 7.26. The molecular weight excluding hydrogens is 741 g/mol. The standard InChI is InChI=1S/C59H38S/c1-59(2)53-31-27-36(32-51(53)52-34-50-37(33-54(52)59)26-28-49-42-19-11-12-25-55(42)60-58(49)50)39-29-30-48(41-18-6-5-17-40(39)41)57-46-22-9-7-20-44(46)56(45-21-8-10-23-47(45)57)43-24-13-15-35-14-3-4-16-38(35)43/h3-34H,1-2H3. The quantitative estimate of drug-likeness (QED) is 0.157. The number of hydrogen-bond acceptors (Lipinski definition) is 1. The fourth-order valence-corrected chi connectivity index (χ4v) is 12.1. The van der Waals surface area contributed by atoms with Crippen molar-refractivity contribution in [1.29, 1.82) is 0 Å². The lowest BCUT2D eigenvalue weighted by Gasteiger charge is -2.22. The molecule has 0 N–H and O–H groups in total. The van der Waals surface area contributed by atoms with E-state index in [1.165, 1.54) is 130 Å². The van der Waals surface area contributed by atoms with Crippen LogP contribution in [0.25, 0.3) is 119 Å². The normalized spacial score (nSPS) is 13.3. The van der Waals surface area contributed by atoms with Gasteiger partial charge >= 0.3 is 0 Å². The maximum Gasteiger partial charge on any atom is 0.0434 e. The number of rotatable bonds is 3. The van der Waals surface area contributed by atoms with Crippen LogP contribution in [0.15, 0.2) is 194 Å². The summed E-state index contributed by atoms with van der Waals surface area (Å²) in [5, 5.41) is 15.5. The first-order valence-electron chi connectivity index (χ1n) is 21.0. The van der Waals surface area contributed by atoms with Crippen LogP contribution in [0.5, 0.6) is 0 Å². The third kappa shape index (κ3) is 4.67. The van der Waals surface area contributed by atoms with Crippen molar-refractivity contribution in [2.24, 2.45) is 0 Å². The van der Waals surface area contributed by atoms with E-state index in [9.17, 15) is 0 Å². The van der Waals surface area contributed by atoms with Gasteiger partial charge < -0.3 is 0 Å². The second-order valence-electron chi connectivity index (χ2n) is 17.1. The van der Waals surface area contributed by atoms with Gasteiger partial charge in [0.15, 0.2) is 0 Å². The van der Waals surface area contributed by atoms with Crippen LogP contribution in [-0.2, 0) is 5.41 Å². The minimum atomic E-state index is -0.0985. The predicted octanol–water partition coefficient (Wildman–Crippen LogP) is 17.1. The fraction of sp³-hybridized carbons (Fsp3) is 0.0508. The van der Waals surface area contributed by atoms with Crippen molar-refractivity contribution in [1.82, 2.24) is 0 Å². The van der Waals surface area contributed by atoms with Gasteiger partial charge in [0, 0.05) is 31.0 Å². The van der Waals surface area contributed by atoms with Gasteiger partial charge in [-0.2, -0.15) is 0 Å². The van der Waals surface area contributed by atoms with Crippen molar-refractivity contribution in [2.75, 3.05) is 0 Å². The van der Waals surface area contributed by atoms with Gasteiger partial charge in [-0.15, -0.1) is 11.3 Å². The van der Waals surface area contributed by atoms with Gasteiger partial charge in [0.05, 0.1) is 0 Å². The van der Waals surface area contributed by atoms with Crippen LogP contribution in [0.1, 0.15) is 25.0 Å². The third-order valence-electron chi connectivity index (χ3n) is 13.6. The topological polar surface area (TPSA) is 0 Å². The van der Waals surface area contributed by atoms with Crippen molar-refractivity contribution in [3.8, 4) is 44.5 Å². The summed E-state index contributed by atoms with van der Waals surface area (Å²) >= 11 is 1.92. The molecule has 0 saturated carbocycles. The molecule has 0 nitrogen and oxygen atoms in total. The molecule has 1 aliphatic rings. The second-order valence-corrected chi connectivity index (χ2v) is 18.2. The lowest BCUT2D eigenvalue weighted by atomic mass is 9.81. The Labute approximate surface area is 352 Å². The Balaban J connectivity index is 1.02. The number of thiophene rings is 1. The summed E-state index contributed by atoms with van der Waals surface area (Å²) in [5.74, 6) is 0. The van der Waals surface area contributed by atoms with Gasteiger partial charge in [0.2, 0.25) is 0 Å². The molecule has 60 heavy (non-hydrogen) atoms. The summed E-state index contributed by atoms with van der Waals surface area (Å²) in [5.41, 5.74) is 13.1. The zero-order chi connectivity index (χ0) is 39.7. The first-order valence-corrected chi connectivity index (χ1v) is 21.8.